The molecular weight excluding hydrogens is 326 g/mol. The maximum absolute atomic E-state index is 12.9. The molecule has 0 amide bonds. The number of aromatic amines is 1. The van der Waals surface area contributed by atoms with Crippen LogP contribution in [0, 0.1) is 12.8 Å². The molecule has 1 atom stereocenters. The van der Waals surface area contributed by atoms with E-state index in [9.17, 15) is 14.4 Å². The number of aromatic nitrogens is 3. The van der Waals surface area contributed by atoms with Crippen molar-refractivity contribution in [2.45, 2.75) is 51.5 Å². The quantitative estimate of drug-likeness (QED) is 0.868. The summed E-state index contributed by atoms with van der Waals surface area (Å²) >= 11 is 1.44. The van der Waals surface area contributed by atoms with Gasteiger partial charge in [-0.2, -0.15) is 0 Å². The normalized spacial score (nSPS) is 16.4. The topological polar surface area (TPSA) is 84.8 Å². The summed E-state index contributed by atoms with van der Waals surface area (Å²) in [4.78, 5) is 43.2. The summed E-state index contributed by atoms with van der Waals surface area (Å²) in [6.45, 7) is 1.65. The lowest BCUT2D eigenvalue weighted by molar-refractivity contribution is -0.122. The second kappa shape index (κ2) is 7.25. The van der Waals surface area contributed by atoms with Crippen LogP contribution in [0.3, 0.4) is 0 Å². The molecule has 1 fully saturated rings. The number of nitrogens with one attached hydrogen (secondary N) is 1. The average molecular weight is 347 g/mol. The molecule has 3 rings (SSSR count). The van der Waals surface area contributed by atoms with Crippen molar-refractivity contribution >= 4 is 17.1 Å². The summed E-state index contributed by atoms with van der Waals surface area (Å²) in [6, 6.07) is -0.542. The van der Waals surface area contributed by atoms with Gasteiger partial charge in [0.2, 0.25) is 0 Å². The van der Waals surface area contributed by atoms with Gasteiger partial charge in [-0.3, -0.25) is 19.1 Å². The monoisotopic (exact) mass is 347 g/mol. The van der Waals surface area contributed by atoms with Crippen LogP contribution in [0.5, 0.6) is 0 Å². The van der Waals surface area contributed by atoms with Gasteiger partial charge in [0.1, 0.15) is 0 Å². The number of hydrogen-bond donors (Lipinski definition) is 1. The molecular formula is C17H21N3O3S. The lowest BCUT2D eigenvalue weighted by Crippen LogP contribution is -2.37. The van der Waals surface area contributed by atoms with Gasteiger partial charge in [0, 0.05) is 23.3 Å². The van der Waals surface area contributed by atoms with Crippen molar-refractivity contribution in [1.82, 2.24) is 14.5 Å². The van der Waals surface area contributed by atoms with Crippen molar-refractivity contribution in [2.24, 2.45) is 5.92 Å². The second-order valence-corrected chi connectivity index (χ2v) is 7.43. The largest absolute Gasteiger partial charge is 0.329 e. The molecule has 0 aromatic carbocycles. The number of aryl methyl sites for hydroxylation is 1. The minimum absolute atomic E-state index is 0.0228. The zero-order chi connectivity index (χ0) is 17.1. The van der Waals surface area contributed by atoms with Crippen LogP contribution in [0.1, 0.15) is 48.7 Å². The number of H-pyrrole nitrogens is 1. The average Bonchev–Trinajstić information content (AvgIpc) is 3.22. The third kappa shape index (κ3) is 3.72. The number of hydrogen-bond acceptors (Lipinski definition) is 5. The van der Waals surface area contributed by atoms with Crippen molar-refractivity contribution in [3.8, 4) is 0 Å². The van der Waals surface area contributed by atoms with E-state index < -0.39 is 17.3 Å². The Labute approximate surface area is 143 Å². The maximum Gasteiger partial charge on any atom is 0.329 e. The highest BCUT2D eigenvalue weighted by Crippen LogP contribution is 2.32. The van der Waals surface area contributed by atoms with Gasteiger partial charge in [0.15, 0.2) is 5.78 Å². The Morgan fingerprint density at radius 3 is 2.83 bits per heavy atom. The summed E-state index contributed by atoms with van der Waals surface area (Å²) in [5, 5.41) is 2.59. The molecule has 0 spiro atoms. The summed E-state index contributed by atoms with van der Waals surface area (Å²) in [7, 11) is 0. The van der Waals surface area contributed by atoms with E-state index in [0.717, 1.165) is 17.8 Å². The van der Waals surface area contributed by atoms with Gasteiger partial charge < -0.3 is 0 Å². The molecule has 7 heteroatoms. The van der Waals surface area contributed by atoms with Gasteiger partial charge in [-0.05, 0) is 19.3 Å². The molecule has 128 valence electrons. The molecule has 0 radical (unpaired) electrons. The number of rotatable bonds is 6. The zero-order valence-corrected chi connectivity index (χ0v) is 14.5. The molecule has 2 aromatic heterocycles. The first-order valence-electron chi connectivity index (χ1n) is 8.27. The molecule has 1 N–H and O–H groups in total. The number of nitrogens with zero attached hydrogens (tertiary/aromatic N) is 2. The van der Waals surface area contributed by atoms with E-state index in [1.807, 2.05) is 5.38 Å². The Morgan fingerprint density at radius 2 is 2.17 bits per heavy atom. The highest BCUT2D eigenvalue weighted by atomic mass is 32.1. The third-order valence-electron chi connectivity index (χ3n) is 4.69. The van der Waals surface area contributed by atoms with Crippen molar-refractivity contribution in [1.29, 1.82) is 0 Å². The third-order valence-corrected chi connectivity index (χ3v) is 5.47. The Bertz CT molecular complexity index is 816. The van der Waals surface area contributed by atoms with Crippen LogP contribution in [0.25, 0.3) is 0 Å². The van der Waals surface area contributed by atoms with Crippen LogP contribution in [0.2, 0.25) is 0 Å². The van der Waals surface area contributed by atoms with Crippen molar-refractivity contribution in [3.05, 3.63) is 49.2 Å². The van der Waals surface area contributed by atoms with Gasteiger partial charge in [-0.1, -0.05) is 25.7 Å². The predicted octanol–water partition coefficient (Wildman–Crippen LogP) is 2.23. The first-order chi connectivity index (χ1) is 11.5. The van der Waals surface area contributed by atoms with Gasteiger partial charge in [-0.25, -0.2) is 9.78 Å². The van der Waals surface area contributed by atoms with Gasteiger partial charge >= 0.3 is 5.69 Å². The van der Waals surface area contributed by atoms with Crippen LogP contribution < -0.4 is 11.2 Å². The first-order valence-corrected chi connectivity index (χ1v) is 9.15. The van der Waals surface area contributed by atoms with E-state index >= 15 is 0 Å². The molecule has 1 aliphatic carbocycles. The fourth-order valence-corrected chi connectivity index (χ4v) is 4.01. The minimum Gasteiger partial charge on any atom is -0.297 e. The van der Waals surface area contributed by atoms with Crippen LogP contribution >= 0.6 is 11.3 Å². The molecule has 1 saturated carbocycles. The van der Waals surface area contributed by atoms with E-state index in [4.69, 9.17) is 0 Å². The SMILES string of the molecule is Cc1cn(C(CC2CCCC2)C(=O)Cc2nccs2)c(=O)[nH]c1=O. The Hall–Kier alpha value is -2.02. The Morgan fingerprint density at radius 1 is 1.42 bits per heavy atom. The standard InChI is InChI=1S/C17H21N3O3S/c1-11-10-20(17(23)19-16(11)22)13(8-12-4-2-3-5-12)14(21)9-15-18-6-7-24-15/h6-7,10,12-13H,2-5,8-9H2,1H3,(H,19,22,23). The van der Waals surface area contributed by atoms with E-state index in [2.05, 4.69) is 9.97 Å². The summed E-state index contributed by atoms with van der Waals surface area (Å²) in [6.07, 6.45) is 8.61. The molecule has 6 nitrogen and oxygen atoms in total. The van der Waals surface area contributed by atoms with Gasteiger partial charge in [0.25, 0.3) is 5.56 Å². The van der Waals surface area contributed by atoms with Crippen molar-refractivity contribution in [2.75, 3.05) is 0 Å². The van der Waals surface area contributed by atoms with Crippen LogP contribution in [-0.2, 0) is 11.2 Å². The van der Waals surface area contributed by atoms with E-state index in [-0.39, 0.29) is 12.2 Å². The van der Waals surface area contributed by atoms with Crippen LogP contribution in [-0.4, -0.2) is 20.3 Å². The lowest BCUT2D eigenvalue weighted by Gasteiger charge is -2.21. The number of thiazole rings is 1. The van der Waals surface area contributed by atoms with Crippen LogP contribution in [0.4, 0.5) is 0 Å². The molecule has 0 saturated heterocycles. The first kappa shape index (κ1) is 16.8. The fraction of sp³-hybridized carbons (Fsp3) is 0.529. The zero-order valence-electron chi connectivity index (χ0n) is 13.7. The van der Waals surface area contributed by atoms with E-state index in [0.29, 0.717) is 17.9 Å². The fourth-order valence-electron chi connectivity index (χ4n) is 3.39. The second-order valence-electron chi connectivity index (χ2n) is 6.45. The molecule has 1 unspecified atom stereocenters. The van der Waals surface area contributed by atoms with Gasteiger partial charge in [-0.15, -0.1) is 11.3 Å². The highest BCUT2D eigenvalue weighted by molar-refractivity contribution is 7.09. The van der Waals surface area contributed by atoms with E-state index in [1.54, 1.807) is 13.1 Å². The molecule has 1 aliphatic rings. The minimum atomic E-state index is -0.542. The van der Waals surface area contributed by atoms with Crippen LogP contribution in [0.15, 0.2) is 27.4 Å². The molecule has 24 heavy (non-hydrogen) atoms. The van der Waals surface area contributed by atoms with E-state index in [1.165, 1.54) is 34.9 Å². The lowest BCUT2D eigenvalue weighted by atomic mass is 9.94. The maximum atomic E-state index is 12.9. The number of ketones is 1. The predicted molar refractivity (Wildman–Crippen MR) is 92.5 cm³/mol. The number of Topliss-reactive ketones (excluding diaryl/α,β-unsaturated/α-hetero) is 1. The summed E-state index contributed by atoms with van der Waals surface area (Å²) in [5.41, 5.74) is -0.475. The molecule has 2 heterocycles. The van der Waals surface area contributed by atoms with Gasteiger partial charge in [0.05, 0.1) is 17.5 Å². The van der Waals surface area contributed by atoms with Crippen molar-refractivity contribution < 1.29 is 4.79 Å². The highest BCUT2D eigenvalue weighted by Gasteiger charge is 2.28. The summed E-state index contributed by atoms with van der Waals surface area (Å²) < 4.78 is 1.41. The smallest absolute Gasteiger partial charge is 0.297 e. The molecule has 0 bridgehead atoms. The Kier molecular flexibility index (Phi) is 5.08. The molecule has 2 aromatic rings. The Balaban J connectivity index is 1.91. The number of carbonyl (C=O) groups excluding carboxylic acids is 1. The number of carbonyl (C=O) groups is 1. The molecule has 0 aliphatic heterocycles. The summed E-state index contributed by atoms with van der Waals surface area (Å²) in [5.74, 6) is 0.430. The van der Waals surface area contributed by atoms with Crippen molar-refractivity contribution in [3.63, 3.8) is 0 Å².